The maximum atomic E-state index is 11.5. The van der Waals surface area contributed by atoms with Gasteiger partial charge in [-0.3, -0.25) is 0 Å². The van der Waals surface area contributed by atoms with Crippen LogP contribution in [0.2, 0.25) is 13.1 Å². The van der Waals surface area contributed by atoms with Crippen LogP contribution in [0.4, 0.5) is 5.69 Å². The molecule has 0 aliphatic carbocycles. The van der Waals surface area contributed by atoms with E-state index in [1.807, 2.05) is 12.1 Å². The van der Waals surface area contributed by atoms with Gasteiger partial charge in [-0.15, -0.1) is 0 Å². The minimum absolute atomic E-state index is 0.125. The molecule has 2 rings (SSSR count). The van der Waals surface area contributed by atoms with Gasteiger partial charge in [0.1, 0.15) is 0 Å². The molecule has 2 atom stereocenters. The maximum absolute atomic E-state index is 11.5. The summed E-state index contributed by atoms with van der Waals surface area (Å²) in [6.07, 6.45) is 5.96. The highest BCUT2D eigenvalue weighted by Crippen LogP contribution is 2.36. The predicted molar refractivity (Wildman–Crippen MR) is 114 cm³/mol. The summed E-state index contributed by atoms with van der Waals surface area (Å²) in [6.45, 7) is 13.3. The summed E-state index contributed by atoms with van der Waals surface area (Å²) in [5, 5.41) is 0. The van der Waals surface area contributed by atoms with Crippen LogP contribution >= 0.6 is 0 Å². The van der Waals surface area contributed by atoms with E-state index < -0.39 is 9.04 Å². The topological polar surface area (TPSA) is 38.8 Å². The smallest absolute Gasteiger partial charge is 0.330 e. The lowest BCUT2D eigenvalue weighted by molar-refractivity contribution is -0.134. The van der Waals surface area contributed by atoms with Crippen LogP contribution in [-0.4, -0.2) is 41.3 Å². The highest BCUT2D eigenvalue weighted by Gasteiger charge is 2.36. The zero-order valence-electron chi connectivity index (χ0n) is 17.6. The molecule has 1 radical (unpaired) electrons. The van der Waals surface area contributed by atoms with Gasteiger partial charge < -0.3 is 14.1 Å². The van der Waals surface area contributed by atoms with Crippen LogP contribution in [0.15, 0.2) is 30.3 Å². The van der Waals surface area contributed by atoms with Crippen molar-refractivity contribution in [1.82, 2.24) is 0 Å². The number of nitrogens with zero attached hydrogens (tertiary/aromatic N) is 1. The first-order chi connectivity index (χ1) is 12.7. The Balaban J connectivity index is 2.23. The number of hydrogen-bond donors (Lipinski definition) is 0. The molecule has 2 unspecified atom stereocenters. The Bertz CT molecular complexity index is 651. The maximum Gasteiger partial charge on any atom is 0.330 e. The SMILES string of the molecule is COC(=O)/C=C/c1ccccc1N1CCCC(C(O[Si](C)C)C(C)(C)C)C1. The summed E-state index contributed by atoms with van der Waals surface area (Å²) in [5.74, 6) is 0.180. The fourth-order valence-electron chi connectivity index (χ4n) is 3.85. The van der Waals surface area contributed by atoms with Crippen molar-refractivity contribution in [3.63, 3.8) is 0 Å². The lowest BCUT2D eigenvalue weighted by Crippen LogP contribution is -2.47. The van der Waals surface area contributed by atoms with Crippen LogP contribution in [0, 0.1) is 11.3 Å². The lowest BCUT2D eigenvalue weighted by atomic mass is 9.78. The van der Waals surface area contributed by atoms with Gasteiger partial charge in [-0.25, -0.2) is 4.79 Å². The molecule has 0 spiro atoms. The number of hydrogen-bond acceptors (Lipinski definition) is 4. The fraction of sp³-hybridized carbons (Fsp3) is 0.591. The quantitative estimate of drug-likeness (QED) is 0.400. The van der Waals surface area contributed by atoms with Crippen LogP contribution < -0.4 is 4.90 Å². The minimum Gasteiger partial charge on any atom is -0.466 e. The van der Waals surface area contributed by atoms with Crippen molar-refractivity contribution in [2.45, 2.75) is 52.8 Å². The van der Waals surface area contributed by atoms with Crippen LogP contribution in [0.5, 0.6) is 0 Å². The van der Waals surface area contributed by atoms with E-state index in [0.717, 1.165) is 25.1 Å². The molecule has 1 heterocycles. The van der Waals surface area contributed by atoms with E-state index in [1.54, 1.807) is 0 Å². The van der Waals surface area contributed by atoms with E-state index in [0.29, 0.717) is 5.92 Å². The molecule has 1 aromatic carbocycles. The second-order valence-electron chi connectivity index (χ2n) is 8.58. The summed E-state index contributed by atoms with van der Waals surface area (Å²) < 4.78 is 11.2. The van der Waals surface area contributed by atoms with Crippen molar-refractivity contribution in [3.8, 4) is 0 Å². The average molecular weight is 389 g/mol. The normalized spacial score (nSPS) is 19.5. The van der Waals surface area contributed by atoms with Crippen molar-refractivity contribution in [2.75, 3.05) is 25.1 Å². The molecule has 1 saturated heterocycles. The number of carbonyl (C=O) groups is 1. The number of ether oxygens (including phenoxy) is 1. The number of carbonyl (C=O) groups excluding carboxylic acids is 1. The molecule has 0 N–H and O–H groups in total. The summed E-state index contributed by atoms with van der Waals surface area (Å²) in [4.78, 5) is 13.9. The number of piperidine rings is 1. The van der Waals surface area contributed by atoms with Crippen LogP contribution in [0.25, 0.3) is 6.08 Å². The van der Waals surface area contributed by atoms with Crippen molar-refractivity contribution in [1.29, 1.82) is 0 Å². The molecule has 0 bridgehead atoms. The zero-order chi connectivity index (χ0) is 20.0. The third-order valence-electron chi connectivity index (χ3n) is 4.98. The van der Waals surface area contributed by atoms with Crippen LogP contribution in [0.1, 0.15) is 39.2 Å². The van der Waals surface area contributed by atoms with E-state index in [9.17, 15) is 4.79 Å². The van der Waals surface area contributed by atoms with Crippen LogP contribution in [0.3, 0.4) is 0 Å². The Kier molecular flexibility index (Phi) is 7.68. The van der Waals surface area contributed by atoms with Crippen LogP contribution in [-0.2, 0) is 14.0 Å². The van der Waals surface area contributed by atoms with Gasteiger partial charge in [-0.2, -0.15) is 0 Å². The van der Waals surface area contributed by atoms with Gasteiger partial charge in [0, 0.05) is 30.8 Å². The Morgan fingerprint density at radius 1 is 1.30 bits per heavy atom. The molecule has 4 nitrogen and oxygen atoms in total. The molecular formula is C22H34NO3Si. The molecule has 1 aliphatic heterocycles. The molecule has 5 heteroatoms. The summed E-state index contributed by atoms with van der Waals surface area (Å²) in [5.41, 5.74) is 2.35. The van der Waals surface area contributed by atoms with Gasteiger partial charge in [0.2, 0.25) is 9.04 Å². The predicted octanol–water partition coefficient (Wildman–Crippen LogP) is 4.77. The molecule has 1 aromatic rings. The third kappa shape index (κ3) is 6.21. The summed E-state index contributed by atoms with van der Waals surface area (Å²) in [6, 6.07) is 8.26. The second kappa shape index (κ2) is 9.56. The van der Waals surface area contributed by atoms with E-state index in [2.05, 4.69) is 57.0 Å². The number of esters is 1. The molecule has 1 aliphatic rings. The fourth-order valence-corrected chi connectivity index (χ4v) is 4.91. The lowest BCUT2D eigenvalue weighted by Gasteiger charge is -2.44. The van der Waals surface area contributed by atoms with Gasteiger partial charge in [-0.05, 0) is 49.1 Å². The molecular weight excluding hydrogens is 354 g/mol. The number of benzene rings is 1. The van der Waals surface area contributed by atoms with E-state index in [4.69, 9.17) is 9.16 Å². The van der Waals surface area contributed by atoms with Gasteiger partial charge in [0.05, 0.1) is 13.2 Å². The Labute approximate surface area is 166 Å². The molecule has 0 saturated carbocycles. The monoisotopic (exact) mass is 388 g/mol. The van der Waals surface area contributed by atoms with Gasteiger partial charge >= 0.3 is 5.97 Å². The van der Waals surface area contributed by atoms with E-state index in [1.165, 1.54) is 25.3 Å². The summed E-state index contributed by atoms with van der Waals surface area (Å²) >= 11 is 0. The van der Waals surface area contributed by atoms with Crippen molar-refractivity contribution in [3.05, 3.63) is 35.9 Å². The first-order valence-corrected chi connectivity index (χ1v) is 12.2. The first-order valence-electron chi connectivity index (χ1n) is 9.79. The highest BCUT2D eigenvalue weighted by molar-refractivity contribution is 6.48. The highest BCUT2D eigenvalue weighted by atomic mass is 28.3. The van der Waals surface area contributed by atoms with E-state index in [-0.39, 0.29) is 17.5 Å². The van der Waals surface area contributed by atoms with Gasteiger partial charge in [0.25, 0.3) is 0 Å². The average Bonchev–Trinajstić information content (AvgIpc) is 2.63. The standard InChI is InChI=1S/C22H34NO3Si/c1-22(2,3)21(26-27(5)6)18-11-9-15-23(16-18)19-12-8-7-10-17(19)13-14-20(24)25-4/h7-8,10,12-14,18,21H,9,11,15-16H2,1-6H3/b14-13+. The van der Waals surface area contributed by atoms with Crippen molar-refractivity contribution >= 4 is 26.8 Å². The Hall–Kier alpha value is -1.59. The van der Waals surface area contributed by atoms with Gasteiger partial charge in [0.15, 0.2) is 0 Å². The molecule has 0 amide bonds. The number of anilines is 1. The van der Waals surface area contributed by atoms with Crippen molar-refractivity contribution < 1.29 is 14.0 Å². The second-order valence-corrected chi connectivity index (χ2v) is 10.6. The number of rotatable bonds is 6. The first kappa shape index (κ1) is 21.7. The molecule has 1 fully saturated rings. The van der Waals surface area contributed by atoms with Crippen molar-refractivity contribution in [2.24, 2.45) is 11.3 Å². The largest absolute Gasteiger partial charge is 0.466 e. The number of methoxy groups -OCH3 is 1. The Morgan fingerprint density at radius 3 is 2.63 bits per heavy atom. The molecule has 149 valence electrons. The molecule has 0 aromatic heterocycles. The van der Waals surface area contributed by atoms with E-state index >= 15 is 0 Å². The number of para-hydroxylation sites is 1. The summed E-state index contributed by atoms with van der Waals surface area (Å²) in [7, 11) is 0.645. The minimum atomic E-state index is -0.755. The Morgan fingerprint density at radius 2 is 2.00 bits per heavy atom. The van der Waals surface area contributed by atoms with Gasteiger partial charge in [-0.1, -0.05) is 39.0 Å². The zero-order valence-corrected chi connectivity index (χ0v) is 18.6. The molecule has 27 heavy (non-hydrogen) atoms. The third-order valence-corrected chi connectivity index (χ3v) is 5.71.